The number of aromatic amines is 2. The van der Waals surface area contributed by atoms with E-state index in [1.54, 1.807) is 41.9 Å². The van der Waals surface area contributed by atoms with Crippen molar-refractivity contribution in [1.29, 1.82) is 0 Å². The Morgan fingerprint density at radius 3 is 2.81 bits per heavy atom. The number of amides is 1. The molecule has 0 radical (unpaired) electrons. The van der Waals surface area contributed by atoms with Gasteiger partial charge < -0.3 is 24.8 Å². The van der Waals surface area contributed by atoms with Gasteiger partial charge in [0.05, 0.1) is 22.0 Å². The maximum absolute atomic E-state index is 12.7. The minimum absolute atomic E-state index is 0.223. The van der Waals surface area contributed by atoms with Crippen LogP contribution in [0.4, 0.5) is 5.69 Å². The fraction of sp³-hybridized carbons (Fsp3) is 0.211. The molecular formula is C19H17N7O4S. The Hall–Kier alpha value is -3.80. The number of ether oxygens (including phenoxy) is 2. The van der Waals surface area contributed by atoms with Crippen LogP contribution in [0.3, 0.4) is 0 Å². The molecule has 0 saturated carbocycles. The van der Waals surface area contributed by atoms with Gasteiger partial charge in [0.25, 0.3) is 0 Å². The number of anilines is 1. The highest BCUT2D eigenvalue weighted by atomic mass is 32.2. The van der Waals surface area contributed by atoms with E-state index in [-0.39, 0.29) is 11.6 Å². The third-order valence-electron chi connectivity index (χ3n) is 4.65. The molecule has 0 saturated heterocycles. The molecule has 12 heteroatoms. The smallest absolute Gasteiger partial charge is 0.323 e. The molecule has 5 rings (SSSR count). The van der Waals surface area contributed by atoms with Gasteiger partial charge in [0.1, 0.15) is 13.2 Å². The van der Waals surface area contributed by atoms with E-state index in [0.29, 0.717) is 52.3 Å². The number of tetrazole rings is 1. The Kier molecular flexibility index (Phi) is 4.82. The molecule has 11 nitrogen and oxygen atoms in total. The molecule has 0 fully saturated rings. The van der Waals surface area contributed by atoms with Crippen molar-refractivity contribution >= 4 is 34.4 Å². The third-order valence-corrected chi connectivity index (χ3v) is 5.68. The summed E-state index contributed by atoms with van der Waals surface area (Å²) in [5.41, 5.74) is 2.26. The van der Waals surface area contributed by atoms with Crippen LogP contribution < -0.4 is 20.5 Å². The first kappa shape index (κ1) is 19.2. The van der Waals surface area contributed by atoms with Gasteiger partial charge in [-0.1, -0.05) is 11.8 Å². The zero-order valence-electron chi connectivity index (χ0n) is 16.3. The number of imidazole rings is 1. The van der Waals surface area contributed by atoms with Gasteiger partial charge in [-0.3, -0.25) is 4.79 Å². The van der Waals surface area contributed by atoms with Crippen molar-refractivity contribution in [2.75, 3.05) is 18.5 Å². The van der Waals surface area contributed by atoms with Crippen LogP contribution in [0, 0.1) is 0 Å². The van der Waals surface area contributed by atoms with E-state index in [4.69, 9.17) is 9.47 Å². The van der Waals surface area contributed by atoms with Crippen molar-refractivity contribution in [1.82, 2.24) is 30.2 Å². The Morgan fingerprint density at radius 2 is 1.94 bits per heavy atom. The number of hydrogen-bond donors (Lipinski definition) is 3. The lowest BCUT2D eigenvalue weighted by molar-refractivity contribution is -0.115. The van der Waals surface area contributed by atoms with Crippen LogP contribution in [0.2, 0.25) is 0 Å². The summed E-state index contributed by atoms with van der Waals surface area (Å²) in [6, 6.07) is 10.6. The van der Waals surface area contributed by atoms with Gasteiger partial charge in [-0.25, -0.2) is 4.79 Å². The molecular weight excluding hydrogens is 422 g/mol. The van der Waals surface area contributed by atoms with Crippen molar-refractivity contribution in [3.8, 4) is 17.2 Å². The largest absolute Gasteiger partial charge is 0.486 e. The first-order valence-corrected chi connectivity index (χ1v) is 10.3. The van der Waals surface area contributed by atoms with Crippen LogP contribution in [0.25, 0.3) is 16.7 Å². The SMILES string of the molecule is CC(Sc1nnnn1-c1ccc2c(c1)OCCO2)C(=O)Nc1ccc2[nH]c(=O)[nH]c2c1. The number of hydrogen-bond acceptors (Lipinski definition) is 8. The lowest BCUT2D eigenvalue weighted by Crippen LogP contribution is -2.23. The fourth-order valence-corrected chi connectivity index (χ4v) is 3.95. The first-order valence-electron chi connectivity index (χ1n) is 9.45. The monoisotopic (exact) mass is 439 g/mol. The number of rotatable bonds is 5. The Bertz CT molecular complexity index is 1330. The summed E-state index contributed by atoms with van der Waals surface area (Å²) in [4.78, 5) is 29.4. The number of fused-ring (bicyclic) bond motifs is 2. The lowest BCUT2D eigenvalue weighted by Gasteiger charge is -2.19. The van der Waals surface area contributed by atoms with Crippen LogP contribution in [-0.4, -0.2) is 54.5 Å². The minimum Gasteiger partial charge on any atom is -0.486 e. The van der Waals surface area contributed by atoms with Crippen molar-refractivity contribution in [3.05, 3.63) is 46.9 Å². The molecule has 3 N–H and O–H groups in total. The number of thioether (sulfide) groups is 1. The van der Waals surface area contributed by atoms with E-state index in [9.17, 15) is 9.59 Å². The van der Waals surface area contributed by atoms with Gasteiger partial charge in [-0.15, -0.1) is 5.10 Å². The summed E-state index contributed by atoms with van der Waals surface area (Å²) in [7, 11) is 0. The number of nitrogens with one attached hydrogen (secondary N) is 3. The summed E-state index contributed by atoms with van der Waals surface area (Å²) in [6.07, 6.45) is 0. The molecule has 1 aliphatic heterocycles. The second kappa shape index (κ2) is 7.80. The van der Waals surface area contributed by atoms with Gasteiger partial charge in [-0.05, 0) is 47.7 Å². The molecule has 2 aromatic heterocycles. The standard InChI is InChI=1S/C19H17N7O4S/c1-10(17(27)20-11-2-4-13-14(8-11)22-18(28)21-13)31-19-23-24-25-26(19)12-3-5-15-16(9-12)30-7-6-29-15/h2-5,8-10H,6-7H2,1H3,(H,20,27)(H2,21,22,28). The Labute approximate surface area is 179 Å². The van der Waals surface area contributed by atoms with E-state index in [2.05, 4.69) is 30.8 Å². The molecule has 1 atom stereocenters. The molecule has 31 heavy (non-hydrogen) atoms. The number of nitrogens with zero attached hydrogens (tertiary/aromatic N) is 4. The van der Waals surface area contributed by atoms with Crippen molar-refractivity contribution < 1.29 is 14.3 Å². The number of aromatic nitrogens is 6. The summed E-state index contributed by atoms with van der Waals surface area (Å²) in [5.74, 6) is 1.07. The maximum Gasteiger partial charge on any atom is 0.323 e. The molecule has 0 bridgehead atoms. The summed E-state index contributed by atoms with van der Waals surface area (Å²) >= 11 is 1.22. The highest BCUT2D eigenvalue weighted by Crippen LogP contribution is 2.33. The minimum atomic E-state index is -0.483. The quantitative estimate of drug-likeness (QED) is 0.400. The zero-order valence-corrected chi connectivity index (χ0v) is 17.1. The van der Waals surface area contributed by atoms with Gasteiger partial charge in [0.2, 0.25) is 11.1 Å². The highest BCUT2D eigenvalue weighted by molar-refractivity contribution is 8.00. The Morgan fingerprint density at radius 1 is 1.13 bits per heavy atom. The van der Waals surface area contributed by atoms with Crippen molar-refractivity contribution in [3.63, 3.8) is 0 Å². The average molecular weight is 439 g/mol. The molecule has 1 aliphatic rings. The van der Waals surface area contributed by atoms with Crippen molar-refractivity contribution in [2.45, 2.75) is 17.3 Å². The number of benzene rings is 2. The van der Waals surface area contributed by atoms with E-state index >= 15 is 0 Å². The highest BCUT2D eigenvalue weighted by Gasteiger charge is 2.21. The molecule has 0 spiro atoms. The predicted octanol–water partition coefficient (Wildman–Crippen LogP) is 1.72. The molecule has 3 heterocycles. The van der Waals surface area contributed by atoms with Crippen LogP contribution in [0.5, 0.6) is 11.5 Å². The van der Waals surface area contributed by atoms with E-state index in [1.165, 1.54) is 11.8 Å². The van der Waals surface area contributed by atoms with E-state index < -0.39 is 5.25 Å². The second-order valence-electron chi connectivity index (χ2n) is 6.79. The normalized spacial score (nSPS) is 13.8. The zero-order chi connectivity index (χ0) is 21.4. The Balaban J connectivity index is 1.31. The first-order chi connectivity index (χ1) is 15.1. The molecule has 158 valence electrons. The fourth-order valence-electron chi connectivity index (χ4n) is 3.14. The van der Waals surface area contributed by atoms with Crippen LogP contribution in [0.1, 0.15) is 6.92 Å². The van der Waals surface area contributed by atoms with Crippen LogP contribution in [0.15, 0.2) is 46.3 Å². The molecule has 0 aliphatic carbocycles. The summed E-state index contributed by atoms with van der Waals surface area (Å²) in [5, 5.41) is 14.7. The van der Waals surface area contributed by atoms with Gasteiger partial charge in [0.15, 0.2) is 11.5 Å². The van der Waals surface area contributed by atoms with Crippen molar-refractivity contribution in [2.24, 2.45) is 0 Å². The number of carbonyl (C=O) groups excluding carboxylic acids is 1. The molecule has 4 aromatic rings. The van der Waals surface area contributed by atoms with Gasteiger partial charge >= 0.3 is 5.69 Å². The molecule has 1 unspecified atom stereocenters. The maximum atomic E-state index is 12.7. The topological polar surface area (TPSA) is 140 Å². The number of carbonyl (C=O) groups is 1. The van der Waals surface area contributed by atoms with Gasteiger partial charge in [0, 0.05) is 11.8 Å². The van der Waals surface area contributed by atoms with Crippen LogP contribution >= 0.6 is 11.8 Å². The predicted molar refractivity (Wildman–Crippen MR) is 113 cm³/mol. The van der Waals surface area contributed by atoms with E-state index in [0.717, 1.165) is 0 Å². The lowest BCUT2D eigenvalue weighted by atomic mass is 10.2. The molecule has 1 amide bonds. The number of H-pyrrole nitrogens is 2. The second-order valence-corrected chi connectivity index (χ2v) is 8.10. The third kappa shape index (κ3) is 3.84. The van der Waals surface area contributed by atoms with Crippen LogP contribution in [-0.2, 0) is 4.79 Å². The van der Waals surface area contributed by atoms with E-state index in [1.807, 2.05) is 6.07 Å². The molecule has 2 aromatic carbocycles. The average Bonchev–Trinajstić information content (AvgIpc) is 3.38. The summed E-state index contributed by atoms with van der Waals surface area (Å²) in [6.45, 7) is 2.75. The summed E-state index contributed by atoms with van der Waals surface area (Å²) < 4.78 is 12.7. The van der Waals surface area contributed by atoms with Gasteiger partial charge in [-0.2, -0.15) is 4.68 Å².